The Bertz CT molecular complexity index is 731. The van der Waals surface area contributed by atoms with Crippen molar-refractivity contribution < 1.29 is 14.4 Å². The van der Waals surface area contributed by atoms with Gasteiger partial charge in [0.25, 0.3) is 0 Å². The summed E-state index contributed by atoms with van der Waals surface area (Å²) in [5, 5.41) is 17.4. The van der Waals surface area contributed by atoms with Crippen LogP contribution < -0.4 is 10.2 Å². The van der Waals surface area contributed by atoms with Gasteiger partial charge in [-0.25, -0.2) is 0 Å². The highest BCUT2D eigenvalue weighted by Crippen LogP contribution is 2.32. The van der Waals surface area contributed by atoms with E-state index in [0.29, 0.717) is 35.8 Å². The Morgan fingerprint density at radius 3 is 2.89 bits per heavy atom. The van der Waals surface area contributed by atoms with Crippen molar-refractivity contribution in [1.82, 2.24) is 10.1 Å². The van der Waals surface area contributed by atoms with Gasteiger partial charge in [-0.1, -0.05) is 16.8 Å². The topological polar surface area (TPSA) is 83.7 Å². The van der Waals surface area contributed by atoms with Crippen molar-refractivity contribution in [3.63, 3.8) is 0 Å². The third kappa shape index (κ3) is 5.12. The van der Waals surface area contributed by atoms with Crippen LogP contribution in [-0.2, 0) is 11.3 Å². The molecule has 1 aliphatic heterocycles. The van der Waals surface area contributed by atoms with Crippen molar-refractivity contribution in [2.75, 3.05) is 36.5 Å². The summed E-state index contributed by atoms with van der Waals surface area (Å²) in [5.41, 5.74) is 2.03. The summed E-state index contributed by atoms with van der Waals surface area (Å²) in [4.78, 5) is 6.71. The van der Waals surface area contributed by atoms with Crippen LogP contribution in [0.5, 0.6) is 0 Å². The molecular formula is C19H27ClN4O3. The summed E-state index contributed by atoms with van der Waals surface area (Å²) in [5.74, 6) is 1.45. The lowest BCUT2D eigenvalue weighted by molar-refractivity contribution is 0.0683. The third-order valence-electron chi connectivity index (χ3n) is 4.87. The molecule has 0 aliphatic carbocycles. The van der Waals surface area contributed by atoms with Gasteiger partial charge in [0.05, 0.1) is 17.9 Å². The number of nitrogens with one attached hydrogen (secondary N) is 1. The van der Waals surface area contributed by atoms with E-state index in [1.807, 2.05) is 32.0 Å². The zero-order valence-corrected chi connectivity index (χ0v) is 16.6. The quantitative estimate of drug-likeness (QED) is 0.707. The van der Waals surface area contributed by atoms with E-state index in [9.17, 15) is 5.11 Å². The number of benzene rings is 1. The fourth-order valence-corrected chi connectivity index (χ4v) is 3.45. The second-order valence-electron chi connectivity index (χ2n) is 6.77. The maximum Gasteiger partial charge on any atom is 0.246 e. The SMILES string of the molecule is CCOC(C)c1noc(CNc2cc(Cl)ccc2N2CCC(CO)CC2)n1. The normalized spacial score (nSPS) is 16.5. The summed E-state index contributed by atoms with van der Waals surface area (Å²) >= 11 is 6.20. The number of nitrogens with zero attached hydrogens (tertiary/aromatic N) is 3. The molecule has 1 saturated heterocycles. The Hall–Kier alpha value is -1.83. The molecule has 0 saturated carbocycles. The van der Waals surface area contributed by atoms with Gasteiger partial charge in [0.2, 0.25) is 5.89 Å². The Balaban J connectivity index is 1.67. The molecule has 2 N–H and O–H groups in total. The average molecular weight is 395 g/mol. The van der Waals surface area contributed by atoms with Crippen LogP contribution in [0.2, 0.25) is 5.02 Å². The van der Waals surface area contributed by atoms with Gasteiger partial charge in [-0.05, 0) is 50.8 Å². The molecule has 0 bridgehead atoms. The summed E-state index contributed by atoms with van der Waals surface area (Å²) in [6.45, 7) is 6.93. The van der Waals surface area contributed by atoms with Crippen LogP contribution in [0.15, 0.2) is 22.7 Å². The van der Waals surface area contributed by atoms with Crippen molar-refractivity contribution in [1.29, 1.82) is 0 Å². The van der Waals surface area contributed by atoms with E-state index < -0.39 is 0 Å². The number of hydrogen-bond acceptors (Lipinski definition) is 7. The minimum Gasteiger partial charge on any atom is -0.396 e. The van der Waals surface area contributed by atoms with Crippen molar-refractivity contribution in [3.8, 4) is 0 Å². The Kier molecular flexibility index (Phi) is 6.93. The zero-order chi connectivity index (χ0) is 19.2. The number of hydrogen-bond donors (Lipinski definition) is 2. The van der Waals surface area contributed by atoms with Gasteiger partial charge in [0.15, 0.2) is 5.82 Å². The number of aliphatic hydroxyl groups excluding tert-OH is 1. The smallest absolute Gasteiger partial charge is 0.246 e. The number of anilines is 2. The molecule has 1 unspecified atom stereocenters. The second kappa shape index (κ2) is 9.39. The summed E-state index contributed by atoms with van der Waals surface area (Å²) in [6.07, 6.45) is 1.78. The summed E-state index contributed by atoms with van der Waals surface area (Å²) < 4.78 is 10.8. The molecule has 148 valence electrons. The van der Waals surface area contributed by atoms with E-state index in [-0.39, 0.29) is 12.7 Å². The number of aliphatic hydroxyl groups is 1. The first-order valence-electron chi connectivity index (χ1n) is 9.44. The zero-order valence-electron chi connectivity index (χ0n) is 15.8. The van der Waals surface area contributed by atoms with Gasteiger partial charge >= 0.3 is 0 Å². The minimum atomic E-state index is -0.193. The number of aromatic nitrogens is 2. The molecule has 1 fully saturated rings. The number of halogens is 1. The molecule has 2 heterocycles. The standard InChI is InChI=1S/C19H27ClN4O3/c1-3-26-13(2)19-22-18(27-23-19)11-21-16-10-15(20)4-5-17(16)24-8-6-14(12-25)7-9-24/h4-5,10,13-14,21,25H,3,6-9,11-12H2,1-2H3. The highest BCUT2D eigenvalue weighted by molar-refractivity contribution is 6.31. The molecule has 2 aromatic rings. The average Bonchev–Trinajstić information content (AvgIpc) is 3.16. The highest BCUT2D eigenvalue weighted by atomic mass is 35.5. The van der Waals surface area contributed by atoms with Crippen LogP contribution in [0.4, 0.5) is 11.4 Å². The lowest BCUT2D eigenvalue weighted by Crippen LogP contribution is -2.35. The largest absolute Gasteiger partial charge is 0.396 e. The second-order valence-corrected chi connectivity index (χ2v) is 7.21. The molecule has 1 atom stereocenters. The molecule has 0 radical (unpaired) electrons. The maximum atomic E-state index is 9.34. The molecule has 1 aromatic carbocycles. The van der Waals surface area contributed by atoms with E-state index in [0.717, 1.165) is 37.3 Å². The lowest BCUT2D eigenvalue weighted by Gasteiger charge is -2.34. The van der Waals surface area contributed by atoms with Crippen molar-refractivity contribution >= 4 is 23.0 Å². The third-order valence-corrected chi connectivity index (χ3v) is 5.10. The van der Waals surface area contributed by atoms with E-state index in [4.69, 9.17) is 20.9 Å². The predicted octanol–water partition coefficient (Wildman–Crippen LogP) is 3.64. The van der Waals surface area contributed by atoms with Crippen LogP contribution in [0.25, 0.3) is 0 Å². The van der Waals surface area contributed by atoms with Gasteiger partial charge in [0.1, 0.15) is 6.10 Å². The molecule has 1 aliphatic rings. The van der Waals surface area contributed by atoms with Crippen molar-refractivity contribution in [2.24, 2.45) is 5.92 Å². The first-order chi connectivity index (χ1) is 13.1. The Morgan fingerprint density at radius 1 is 1.41 bits per heavy atom. The first kappa shape index (κ1) is 19.9. The highest BCUT2D eigenvalue weighted by Gasteiger charge is 2.21. The molecule has 8 heteroatoms. The number of piperidine rings is 1. The van der Waals surface area contributed by atoms with Crippen LogP contribution in [0, 0.1) is 5.92 Å². The number of rotatable bonds is 8. The van der Waals surface area contributed by atoms with Crippen molar-refractivity contribution in [3.05, 3.63) is 34.9 Å². The molecule has 7 nitrogen and oxygen atoms in total. The fraction of sp³-hybridized carbons (Fsp3) is 0.579. The van der Waals surface area contributed by atoms with Crippen LogP contribution in [0.1, 0.15) is 44.5 Å². The van der Waals surface area contributed by atoms with E-state index in [2.05, 4.69) is 20.4 Å². The summed E-state index contributed by atoms with van der Waals surface area (Å²) in [7, 11) is 0. The predicted molar refractivity (Wildman–Crippen MR) is 105 cm³/mol. The van der Waals surface area contributed by atoms with Gasteiger partial charge in [-0.2, -0.15) is 4.98 Å². The van der Waals surface area contributed by atoms with Gasteiger partial charge in [-0.15, -0.1) is 0 Å². The maximum absolute atomic E-state index is 9.34. The minimum absolute atomic E-state index is 0.193. The molecule has 3 rings (SSSR count). The van der Waals surface area contributed by atoms with Gasteiger partial charge < -0.3 is 24.6 Å². The Labute approximate surface area is 164 Å². The van der Waals surface area contributed by atoms with E-state index in [1.54, 1.807) is 0 Å². The van der Waals surface area contributed by atoms with Crippen LogP contribution >= 0.6 is 11.6 Å². The van der Waals surface area contributed by atoms with Crippen LogP contribution in [-0.4, -0.2) is 41.6 Å². The van der Waals surface area contributed by atoms with Gasteiger partial charge in [-0.3, -0.25) is 0 Å². The fourth-order valence-electron chi connectivity index (χ4n) is 3.28. The molecule has 0 spiro atoms. The molecule has 27 heavy (non-hydrogen) atoms. The first-order valence-corrected chi connectivity index (χ1v) is 9.81. The van der Waals surface area contributed by atoms with Crippen LogP contribution in [0.3, 0.4) is 0 Å². The van der Waals surface area contributed by atoms with E-state index >= 15 is 0 Å². The Morgan fingerprint density at radius 2 is 2.19 bits per heavy atom. The summed E-state index contributed by atoms with van der Waals surface area (Å²) in [6, 6.07) is 5.84. The molecule has 0 amide bonds. The van der Waals surface area contributed by atoms with E-state index in [1.165, 1.54) is 0 Å². The lowest BCUT2D eigenvalue weighted by atomic mass is 9.97. The van der Waals surface area contributed by atoms with Gasteiger partial charge in [0, 0.05) is 31.3 Å². The monoisotopic (exact) mass is 394 g/mol. The molecular weight excluding hydrogens is 368 g/mol. The number of ether oxygens (including phenoxy) is 1. The van der Waals surface area contributed by atoms with Crippen molar-refractivity contribution in [2.45, 2.75) is 39.3 Å². The molecule has 1 aromatic heterocycles.